The highest BCUT2D eigenvalue weighted by Gasteiger charge is 2.29. The SMILES string of the molecule is O=C(Cc1ccc(S(=O)(=O)N2CCCC2)s1)N1CCN(Cc2ccc(Cl)cc2)CC1. The molecule has 0 spiro atoms. The van der Waals surface area contributed by atoms with Crippen molar-refractivity contribution >= 4 is 38.9 Å². The largest absolute Gasteiger partial charge is 0.340 e. The van der Waals surface area contributed by atoms with Gasteiger partial charge in [0.15, 0.2) is 0 Å². The van der Waals surface area contributed by atoms with Crippen LogP contribution in [0.25, 0.3) is 0 Å². The van der Waals surface area contributed by atoms with Crippen molar-refractivity contribution < 1.29 is 13.2 Å². The molecule has 9 heteroatoms. The summed E-state index contributed by atoms with van der Waals surface area (Å²) in [5.74, 6) is 0.0631. The van der Waals surface area contributed by atoms with Crippen molar-refractivity contribution in [1.29, 1.82) is 0 Å². The predicted molar refractivity (Wildman–Crippen MR) is 119 cm³/mol. The van der Waals surface area contributed by atoms with E-state index in [9.17, 15) is 13.2 Å². The summed E-state index contributed by atoms with van der Waals surface area (Å²) in [5.41, 5.74) is 1.21. The van der Waals surface area contributed by atoms with Gasteiger partial charge in [0.25, 0.3) is 10.0 Å². The van der Waals surface area contributed by atoms with Crippen molar-refractivity contribution in [2.75, 3.05) is 39.3 Å². The van der Waals surface area contributed by atoms with E-state index in [1.165, 1.54) is 16.9 Å². The van der Waals surface area contributed by atoms with Gasteiger partial charge in [0.05, 0.1) is 6.42 Å². The highest BCUT2D eigenvalue weighted by atomic mass is 35.5. The maximum atomic E-state index is 12.7. The molecule has 4 rings (SSSR count). The van der Waals surface area contributed by atoms with Crippen molar-refractivity contribution in [2.45, 2.75) is 30.0 Å². The fraction of sp³-hybridized carbons (Fsp3) is 0.476. The second kappa shape index (κ2) is 9.36. The Morgan fingerprint density at radius 3 is 2.27 bits per heavy atom. The monoisotopic (exact) mass is 467 g/mol. The minimum Gasteiger partial charge on any atom is -0.340 e. The molecule has 30 heavy (non-hydrogen) atoms. The molecule has 6 nitrogen and oxygen atoms in total. The van der Waals surface area contributed by atoms with Crippen LogP contribution in [0.2, 0.25) is 5.02 Å². The average Bonchev–Trinajstić information content (AvgIpc) is 3.43. The summed E-state index contributed by atoms with van der Waals surface area (Å²) >= 11 is 7.17. The van der Waals surface area contributed by atoms with E-state index in [1.54, 1.807) is 16.4 Å². The Kier molecular flexibility index (Phi) is 6.79. The first-order valence-corrected chi connectivity index (χ1v) is 12.9. The Morgan fingerprint density at radius 2 is 1.60 bits per heavy atom. The number of sulfonamides is 1. The molecule has 0 N–H and O–H groups in total. The number of hydrogen-bond donors (Lipinski definition) is 0. The van der Waals surface area contributed by atoms with Gasteiger partial charge in [-0.25, -0.2) is 8.42 Å². The topological polar surface area (TPSA) is 60.9 Å². The summed E-state index contributed by atoms with van der Waals surface area (Å²) in [7, 11) is -3.41. The second-order valence-electron chi connectivity index (χ2n) is 7.79. The van der Waals surface area contributed by atoms with Gasteiger partial charge in [0.2, 0.25) is 5.91 Å². The van der Waals surface area contributed by atoms with Gasteiger partial charge < -0.3 is 4.90 Å². The maximum Gasteiger partial charge on any atom is 0.252 e. The van der Waals surface area contributed by atoms with Gasteiger partial charge in [-0.05, 0) is 42.7 Å². The van der Waals surface area contributed by atoms with Gasteiger partial charge in [-0.3, -0.25) is 9.69 Å². The number of hydrogen-bond acceptors (Lipinski definition) is 5. The van der Waals surface area contributed by atoms with E-state index < -0.39 is 10.0 Å². The summed E-state index contributed by atoms with van der Waals surface area (Å²) < 4.78 is 27.2. The minimum absolute atomic E-state index is 0.0631. The van der Waals surface area contributed by atoms with Gasteiger partial charge in [-0.2, -0.15) is 4.31 Å². The third-order valence-electron chi connectivity index (χ3n) is 5.67. The normalized spacial score (nSPS) is 18.8. The quantitative estimate of drug-likeness (QED) is 0.655. The number of carbonyl (C=O) groups is 1. The Bertz CT molecular complexity index is 977. The molecule has 162 valence electrons. The van der Waals surface area contributed by atoms with Crippen LogP contribution in [0.1, 0.15) is 23.3 Å². The Hall–Kier alpha value is -1.45. The van der Waals surface area contributed by atoms with E-state index in [-0.39, 0.29) is 12.3 Å². The molecular formula is C21H26ClN3O3S2. The number of nitrogens with zero attached hydrogens (tertiary/aromatic N) is 3. The molecule has 3 heterocycles. The van der Waals surface area contributed by atoms with Crippen LogP contribution in [0.15, 0.2) is 40.6 Å². The molecule has 2 fully saturated rings. The highest BCUT2D eigenvalue weighted by molar-refractivity contribution is 7.91. The van der Waals surface area contributed by atoms with Crippen molar-refractivity contribution in [3.05, 3.63) is 51.9 Å². The smallest absolute Gasteiger partial charge is 0.252 e. The number of halogens is 1. The van der Waals surface area contributed by atoms with Gasteiger partial charge in [-0.1, -0.05) is 23.7 Å². The molecule has 1 aromatic carbocycles. The molecule has 0 saturated carbocycles. The summed E-state index contributed by atoms with van der Waals surface area (Å²) in [5, 5.41) is 0.735. The van der Waals surface area contributed by atoms with Crippen LogP contribution < -0.4 is 0 Å². The first-order chi connectivity index (χ1) is 14.4. The van der Waals surface area contributed by atoms with Crippen molar-refractivity contribution in [2.24, 2.45) is 0 Å². The van der Waals surface area contributed by atoms with E-state index in [2.05, 4.69) is 4.90 Å². The zero-order valence-electron chi connectivity index (χ0n) is 16.8. The fourth-order valence-corrected chi connectivity index (χ4v) is 7.06. The number of rotatable bonds is 6. The van der Waals surface area contributed by atoms with Crippen LogP contribution in [0.4, 0.5) is 0 Å². The molecule has 2 saturated heterocycles. The number of thiophene rings is 1. The highest BCUT2D eigenvalue weighted by Crippen LogP contribution is 2.28. The van der Waals surface area contributed by atoms with Crippen LogP contribution >= 0.6 is 22.9 Å². The lowest BCUT2D eigenvalue weighted by Crippen LogP contribution is -2.48. The van der Waals surface area contributed by atoms with E-state index in [1.807, 2.05) is 29.2 Å². The van der Waals surface area contributed by atoms with Gasteiger partial charge in [-0.15, -0.1) is 11.3 Å². The lowest BCUT2D eigenvalue weighted by Gasteiger charge is -2.34. The fourth-order valence-electron chi connectivity index (χ4n) is 3.91. The van der Waals surface area contributed by atoms with Crippen LogP contribution in [-0.2, 0) is 27.8 Å². The lowest BCUT2D eigenvalue weighted by atomic mass is 10.2. The first-order valence-electron chi connectivity index (χ1n) is 10.3. The van der Waals surface area contributed by atoms with Gasteiger partial charge in [0, 0.05) is 55.7 Å². The number of piperazine rings is 1. The Balaban J connectivity index is 1.29. The maximum absolute atomic E-state index is 12.7. The third-order valence-corrected chi connectivity index (χ3v) is 9.37. The van der Waals surface area contributed by atoms with E-state index in [0.717, 1.165) is 42.4 Å². The van der Waals surface area contributed by atoms with Crippen LogP contribution in [0, 0.1) is 0 Å². The molecule has 0 atom stereocenters. The zero-order chi connectivity index (χ0) is 21.1. The molecule has 2 aromatic rings. The van der Waals surface area contributed by atoms with Crippen LogP contribution in [-0.4, -0.2) is 67.7 Å². The van der Waals surface area contributed by atoms with Crippen molar-refractivity contribution in [3.63, 3.8) is 0 Å². The molecule has 1 aromatic heterocycles. The molecule has 2 aliphatic heterocycles. The molecule has 0 aliphatic carbocycles. The predicted octanol–water partition coefficient (Wildman–Crippen LogP) is 3.07. The molecule has 0 bridgehead atoms. The third kappa shape index (κ3) is 5.06. The number of carbonyl (C=O) groups excluding carboxylic acids is 1. The van der Waals surface area contributed by atoms with E-state index in [0.29, 0.717) is 30.4 Å². The zero-order valence-corrected chi connectivity index (χ0v) is 19.2. The second-order valence-corrected chi connectivity index (χ2v) is 11.6. The first kappa shape index (κ1) is 21.8. The molecule has 0 radical (unpaired) electrons. The van der Waals surface area contributed by atoms with Gasteiger partial charge >= 0.3 is 0 Å². The molecule has 0 unspecified atom stereocenters. The standard InChI is InChI=1S/C21H26ClN3O3S2/c22-18-5-3-17(4-6-18)16-23-11-13-24(14-12-23)20(26)15-19-7-8-21(29-19)30(27,28)25-9-1-2-10-25/h3-8H,1-2,9-16H2. The summed E-state index contributed by atoms with van der Waals surface area (Å²) in [6, 6.07) is 11.3. The van der Waals surface area contributed by atoms with Crippen molar-refractivity contribution in [1.82, 2.24) is 14.1 Å². The average molecular weight is 468 g/mol. The molecule has 1 amide bonds. The minimum atomic E-state index is -3.41. The summed E-state index contributed by atoms with van der Waals surface area (Å²) in [4.78, 5) is 17.7. The van der Waals surface area contributed by atoms with Crippen molar-refractivity contribution in [3.8, 4) is 0 Å². The van der Waals surface area contributed by atoms with E-state index >= 15 is 0 Å². The number of benzene rings is 1. The van der Waals surface area contributed by atoms with Crippen LogP contribution in [0.3, 0.4) is 0 Å². The summed E-state index contributed by atoms with van der Waals surface area (Å²) in [6.45, 7) is 5.07. The number of amides is 1. The van der Waals surface area contributed by atoms with Crippen LogP contribution in [0.5, 0.6) is 0 Å². The van der Waals surface area contributed by atoms with Gasteiger partial charge in [0.1, 0.15) is 4.21 Å². The Labute approximate surface area is 187 Å². The lowest BCUT2D eigenvalue weighted by molar-refractivity contribution is -0.132. The molecular weight excluding hydrogens is 442 g/mol. The van der Waals surface area contributed by atoms with E-state index in [4.69, 9.17) is 11.6 Å². The summed E-state index contributed by atoms with van der Waals surface area (Å²) in [6.07, 6.45) is 2.09. The Morgan fingerprint density at radius 1 is 0.933 bits per heavy atom. The molecule has 2 aliphatic rings.